The van der Waals surface area contributed by atoms with E-state index in [2.05, 4.69) is 38.4 Å². The molecule has 2 aromatic rings. The lowest BCUT2D eigenvalue weighted by atomic mass is 10.2. The first-order valence-electron chi connectivity index (χ1n) is 5.71. The maximum atomic E-state index is 5.33. The van der Waals surface area contributed by atoms with Crippen LogP contribution in [0.1, 0.15) is 11.1 Å². The van der Waals surface area contributed by atoms with Crippen LogP contribution in [0.5, 0.6) is 5.75 Å². The van der Waals surface area contributed by atoms with Crippen molar-refractivity contribution < 1.29 is 17.1 Å². The number of ether oxygens (including phenoxy) is 1. The van der Waals surface area contributed by atoms with E-state index in [-0.39, 0.29) is 12.4 Å². The summed E-state index contributed by atoms with van der Waals surface area (Å²) < 4.78 is 6.39. The average Bonchev–Trinajstić information content (AvgIpc) is 2.40. The van der Waals surface area contributed by atoms with Gasteiger partial charge in [0.05, 0.1) is 7.11 Å². The number of nitrogens with zero attached hydrogens (tertiary/aromatic N) is 1. The number of hydrogen-bond acceptors (Lipinski definition) is 3. The van der Waals surface area contributed by atoms with Gasteiger partial charge < -0.3 is 22.5 Å². The number of benzene rings is 1. The average molecular weight is 343 g/mol. The van der Waals surface area contributed by atoms with Gasteiger partial charge in [-0.1, -0.05) is 22.0 Å². The first-order chi connectivity index (χ1) is 8.79. The minimum atomic E-state index is 0. The lowest BCUT2D eigenvalue weighted by Gasteiger charge is -2.10. The third kappa shape index (κ3) is 4.82. The Morgan fingerprint density at radius 2 is 2.11 bits per heavy atom. The molecule has 0 amide bonds. The number of nitrogens with one attached hydrogen (secondary N) is 1. The van der Waals surface area contributed by atoms with Gasteiger partial charge in [-0.25, -0.2) is 0 Å². The molecule has 3 nitrogen and oxygen atoms in total. The Balaban J connectivity index is 0.00000180. The summed E-state index contributed by atoms with van der Waals surface area (Å²) in [4.78, 5) is 4.09. The molecule has 0 atom stereocenters. The van der Waals surface area contributed by atoms with Gasteiger partial charge in [-0.3, -0.25) is 4.98 Å². The Labute approximate surface area is 127 Å². The van der Waals surface area contributed by atoms with Crippen LogP contribution in [0.2, 0.25) is 0 Å². The minimum Gasteiger partial charge on any atom is -1.00 e. The van der Waals surface area contributed by atoms with E-state index in [4.69, 9.17) is 4.74 Å². The number of rotatable bonds is 5. The zero-order valence-corrected chi connectivity index (χ0v) is 12.9. The maximum Gasteiger partial charge on any atom is 0.123 e. The topological polar surface area (TPSA) is 34.1 Å². The second-order valence-corrected chi connectivity index (χ2v) is 4.84. The van der Waals surface area contributed by atoms with Crippen LogP contribution in [-0.2, 0) is 13.1 Å². The van der Waals surface area contributed by atoms with Crippen LogP contribution < -0.4 is 22.5 Å². The van der Waals surface area contributed by atoms with Gasteiger partial charge in [0.2, 0.25) is 0 Å². The molecule has 0 bridgehead atoms. The third-order valence-corrected chi connectivity index (χ3v) is 3.10. The minimum absolute atomic E-state index is 0. The van der Waals surface area contributed by atoms with Crippen LogP contribution in [-0.4, -0.2) is 12.1 Å². The van der Waals surface area contributed by atoms with Crippen molar-refractivity contribution in [3.05, 3.63) is 58.3 Å². The highest BCUT2D eigenvalue weighted by molar-refractivity contribution is 9.10. The Morgan fingerprint density at radius 1 is 1.26 bits per heavy atom. The van der Waals surface area contributed by atoms with Crippen molar-refractivity contribution in [1.82, 2.24) is 10.3 Å². The van der Waals surface area contributed by atoms with Gasteiger partial charge in [0.15, 0.2) is 0 Å². The van der Waals surface area contributed by atoms with E-state index in [9.17, 15) is 0 Å². The zero-order valence-electron chi connectivity index (χ0n) is 10.6. The molecule has 0 saturated carbocycles. The highest BCUT2D eigenvalue weighted by atomic mass is 79.9. The maximum absolute atomic E-state index is 5.33. The van der Waals surface area contributed by atoms with E-state index in [0.29, 0.717) is 0 Å². The quantitative estimate of drug-likeness (QED) is 0.840. The summed E-state index contributed by atoms with van der Waals surface area (Å²) in [7, 11) is 1.69. The summed E-state index contributed by atoms with van der Waals surface area (Å²) in [6.45, 7) is 1.56. The molecule has 0 saturated heterocycles. The number of methoxy groups -OCH3 is 1. The largest absolute Gasteiger partial charge is 1.00 e. The van der Waals surface area contributed by atoms with E-state index in [1.807, 2.05) is 24.4 Å². The molecule has 0 fully saturated rings. The first-order valence-corrected chi connectivity index (χ1v) is 6.51. The summed E-state index contributed by atoms with van der Waals surface area (Å²) in [5, 5.41) is 3.38. The van der Waals surface area contributed by atoms with Crippen LogP contribution in [0.15, 0.2) is 47.2 Å². The lowest BCUT2D eigenvalue weighted by molar-refractivity contribution is -0.00000391. The van der Waals surface area contributed by atoms with Crippen molar-refractivity contribution in [1.29, 1.82) is 0 Å². The van der Waals surface area contributed by atoms with Gasteiger partial charge in [-0.15, -0.1) is 0 Å². The molecule has 1 N–H and O–H groups in total. The van der Waals surface area contributed by atoms with Crippen LogP contribution in [0.25, 0.3) is 0 Å². The summed E-state index contributed by atoms with van der Waals surface area (Å²) in [5.74, 6) is 0.900. The van der Waals surface area contributed by atoms with Gasteiger partial charge in [0.25, 0.3) is 0 Å². The van der Waals surface area contributed by atoms with Gasteiger partial charge in [-0.2, -0.15) is 0 Å². The Morgan fingerprint density at radius 3 is 2.79 bits per heavy atom. The smallest absolute Gasteiger partial charge is 0.123 e. The zero-order chi connectivity index (χ0) is 12.8. The Kier molecular flexibility index (Phi) is 6.84. The van der Waals surface area contributed by atoms with Crippen LogP contribution in [0, 0.1) is 0 Å². The van der Waals surface area contributed by atoms with E-state index in [0.717, 1.165) is 28.9 Å². The molecule has 0 aliphatic rings. The Bertz CT molecular complexity index is 508. The van der Waals surface area contributed by atoms with E-state index >= 15 is 0 Å². The molecule has 0 unspecified atom stereocenters. The highest BCUT2D eigenvalue weighted by Gasteiger charge is 2.03. The predicted molar refractivity (Wildman–Crippen MR) is 75.5 cm³/mol. The number of pyridine rings is 1. The van der Waals surface area contributed by atoms with Crippen LogP contribution in [0.3, 0.4) is 0 Å². The molecule has 0 spiro atoms. The molecule has 1 aromatic carbocycles. The molecule has 5 heteroatoms. The van der Waals surface area contributed by atoms with E-state index in [1.165, 1.54) is 5.56 Å². The molecule has 0 radical (unpaired) electrons. The molecule has 1 aromatic heterocycles. The van der Waals surface area contributed by atoms with Crippen LogP contribution in [0.4, 0.5) is 0 Å². The number of halogens is 2. The van der Waals surface area contributed by atoms with Gasteiger partial charge in [-0.05, 0) is 29.8 Å². The fourth-order valence-corrected chi connectivity index (χ4v) is 2.14. The SMILES string of the molecule is COc1ccc(Br)cc1CNCc1cccnc1.[Cl-]. The molecule has 1 heterocycles. The summed E-state index contributed by atoms with van der Waals surface area (Å²) in [6, 6.07) is 10.00. The molecular weight excluding hydrogens is 328 g/mol. The van der Waals surface area contributed by atoms with Crippen molar-refractivity contribution in [2.24, 2.45) is 0 Å². The van der Waals surface area contributed by atoms with Crippen molar-refractivity contribution in [2.75, 3.05) is 7.11 Å². The van der Waals surface area contributed by atoms with E-state index in [1.54, 1.807) is 13.3 Å². The van der Waals surface area contributed by atoms with Gasteiger partial charge >= 0.3 is 0 Å². The van der Waals surface area contributed by atoms with Crippen LogP contribution >= 0.6 is 15.9 Å². The number of hydrogen-bond donors (Lipinski definition) is 1. The summed E-state index contributed by atoms with van der Waals surface area (Å²) in [6.07, 6.45) is 3.64. The summed E-state index contributed by atoms with van der Waals surface area (Å²) >= 11 is 3.47. The molecule has 0 aliphatic heterocycles. The normalized spacial score (nSPS) is 9.79. The molecule has 19 heavy (non-hydrogen) atoms. The fraction of sp³-hybridized carbons (Fsp3) is 0.214. The van der Waals surface area contributed by atoms with Gasteiger partial charge in [0, 0.05) is 35.5 Å². The lowest BCUT2D eigenvalue weighted by Crippen LogP contribution is -3.00. The monoisotopic (exact) mass is 341 g/mol. The summed E-state index contributed by atoms with van der Waals surface area (Å²) in [5.41, 5.74) is 2.31. The van der Waals surface area contributed by atoms with Crippen molar-refractivity contribution in [2.45, 2.75) is 13.1 Å². The third-order valence-electron chi connectivity index (χ3n) is 2.61. The van der Waals surface area contributed by atoms with Crippen molar-refractivity contribution in [3.8, 4) is 5.75 Å². The van der Waals surface area contributed by atoms with E-state index < -0.39 is 0 Å². The molecular formula is C14H15BrClN2O-. The molecule has 102 valence electrons. The molecule has 0 aliphatic carbocycles. The first kappa shape index (κ1) is 16.0. The predicted octanol–water partition coefficient (Wildman–Crippen LogP) is 0.146. The Hall–Kier alpha value is -1.10. The van der Waals surface area contributed by atoms with Crippen molar-refractivity contribution in [3.63, 3.8) is 0 Å². The standard InChI is InChI=1S/C14H15BrN2O.ClH/c1-18-14-5-4-13(15)7-12(14)10-17-9-11-3-2-6-16-8-11;/h2-8,17H,9-10H2,1H3;1H/p-1. The molecule has 2 rings (SSSR count). The number of aromatic nitrogens is 1. The van der Waals surface area contributed by atoms with Gasteiger partial charge in [0.1, 0.15) is 5.75 Å². The second-order valence-electron chi connectivity index (χ2n) is 3.92. The van der Waals surface area contributed by atoms with Crippen molar-refractivity contribution >= 4 is 15.9 Å². The second kappa shape index (κ2) is 8.15. The fourth-order valence-electron chi connectivity index (χ4n) is 1.73. The highest BCUT2D eigenvalue weighted by Crippen LogP contribution is 2.22.